The molecule has 0 atom stereocenters. The Labute approximate surface area is 49.3 Å². The fourth-order valence-corrected chi connectivity index (χ4v) is 0.850. The summed E-state index contributed by atoms with van der Waals surface area (Å²) in [5.74, 6) is 0.0110. The lowest BCUT2D eigenvalue weighted by atomic mass is 10.9. The molecule has 0 aromatic carbocycles. The van der Waals surface area contributed by atoms with E-state index in [0.29, 0.717) is 0 Å². The largest absolute Gasteiger partial charge is 0.395 e. The van der Waals surface area contributed by atoms with Crippen LogP contribution in [0.2, 0.25) is 0 Å². The third kappa shape index (κ3) is 2.98. The van der Waals surface area contributed by atoms with Crippen LogP contribution >= 0.6 is 0 Å². The molecule has 0 aromatic rings. The maximum absolute atomic E-state index is 10.4. The Bertz CT molecular complexity index is 135. The minimum atomic E-state index is -2.92. The molecule has 0 aromatic heterocycles. The predicted octanol–water partition coefficient (Wildman–Crippen LogP) is -0.587. The molecular weight excluding hydrogens is 128 g/mol. The van der Waals surface area contributed by atoms with E-state index in [1.165, 1.54) is 0 Å². The van der Waals surface area contributed by atoms with Gasteiger partial charge in [0.15, 0.2) is 9.84 Å². The molecule has 0 bridgehead atoms. The van der Waals surface area contributed by atoms with E-state index in [9.17, 15) is 8.42 Å². The fourth-order valence-electron chi connectivity index (χ4n) is 0.283. The van der Waals surface area contributed by atoms with Crippen LogP contribution in [0.3, 0.4) is 0 Å². The molecule has 0 aliphatic carbocycles. The van der Waals surface area contributed by atoms with Gasteiger partial charge >= 0.3 is 0 Å². The zero-order valence-electron chi connectivity index (χ0n) is 4.79. The van der Waals surface area contributed by atoms with E-state index in [4.69, 9.17) is 5.11 Å². The highest BCUT2D eigenvalue weighted by Crippen LogP contribution is 1.85. The Morgan fingerprint density at radius 1 is 1.50 bits per heavy atom. The molecule has 0 saturated heterocycles. The Kier molecular flexibility index (Phi) is 3.01. The van der Waals surface area contributed by atoms with Gasteiger partial charge < -0.3 is 5.11 Å². The topological polar surface area (TPSA) is 54.4 Å². The summed E-state index contributed by atoms with van der Waals surface area (Å²) in [6, 6.07) is 0. The van der Waals surface area contributed by atoms with Crippen LogP contribution in [-0.2, 0) is 9.84 Å². The van der Waals surface area contributed by atoms with Crippen molar-refractivity contribution in [1.29, 1.82) is 0 Å². The van der Waals surface area contributed by atoms with Gasteiger partial charge in [0.25, 0.3) is 0 Å². The number of rotatable bonds is 3. The van der Waals surface area contributed by atoms with Crippen LogP contribution < -0.4 is 0 Å². The molecule has 50 valence electrons. The van der Waals surface area contributed by atoms with Crippen LogP contribution in [-0.4, -0.2) is 31.6 Å². The predicted molar refractivity (Wildman–Crippen MR) is 31.4 cm³/mol. The number of hydrogen-bond acceptors (Lipinski definition) is 3. The Morgan fingerprint density at radius 2 is 2.00 bits per heavy atom. The van der Waals surface area contributed by atoms with Crippen LogP contribution in [0.4, 0.5) is 0 Å². The first-order chi connectivity index (χ1) is 3.62. The summed E-state index contributed by atoms with van der Waals surface area (Å²) in [7, 11) is -2.92. The van der Waals surface area contributed by atoms with Crippen molar-refractivity contribution in [2.45, 2.75) is 6.92 Å². The average Bonchev–Trinajstić information content (AvgIpc) is 1.67. The summed E-state index contributed by atoms with van der Waals surface area (Å²) in [6.45, 7) is 1.29. The highest BCUT2D eigenvalue weighted by atomic mass is 32.2. The van der Waals surface area contributed by atoms with Crippen LogP contribution in [0.25, 0.3) is 0 Å². The second-order valence-electron chi connectivity index (χ2n) is 1.46. The van der Waals surface area contributed by atoms with E-state index in [1.807, 2.05) is 0 Å². The van der Waals surface area contributed by atoms with Gasteiger partial charge in [-0.3, -0.25) is 0 Å². The fraction of sp³-hybridized carbons (Fsp3) is 1.00. The summed E-state index contributed by atoms with van der Waals surface area (Å²) in [6.07, 6.45) is 0. The highest BCUT2D eigenvalue weighted by Gasteiger charge is 2.03. The third-order valence-corrected chi connectivity index (χ3v) is 2.53. The summed E-state index contributed by atoms with van der Waals surface area (Å²) in [4.78, 5) is 0. The Balaban J connectivity index is 3.76. The molecule has 0 rings (SSSR count). The number of sulfone groups is 1. The lowest BCUT2D eigenvalue weighted by Gasteiger charge is -1.93. The molecule has 0 saturated carbocycles. The lowest BCUT2D eigenvalue weighted by Crippen LogP contribution is -2.11. The number of aliphatic hydroxyl groups is 1. The maximum atomic E-state index is 10.4. The highest BCUT2D eigenvalue weighted by molar-refractivity contribution is 7.91. The van der Waals surface area contributed by atoms with Gasteiger partial charge in [0.2, 0.25) is 0 Å². The van der Waals surface area contributed by atoms with Crippen molar-refractivity contribution in [3.63, 3.8) is 0 Å². The van der Waals surface area contributed by atoms with Crippen LogP contribution in [0.5, 0.6) is 0 Å². The summed E-state index contributed by atoms with van der Waals surface area (Å²) in [5.41, 5.74) is 0. The van der Waals surface area contributed by atoms with Gasteiger partial charge in [-0.2, -0.15) is 0 Å². The molecule has 0 fully saturated rings. The molecular formula is C4H10O3S. The first kappa shape index (κ1) is 7.91. The van der Waals surface area contributed by atoms with Gasteiger partial charge in [-0.25, -0.2) is 8.42 Å². The monoisotopic (exact) mass is 138 g/mol. The third-order valence-electron chi connectivity index (χ3n) is 0.842. The summed E-state index contributed by atoms with van der Waals surface area (Å²) < 4.78 is 20.9. The smallest absolute Gasteiger partial charge is 0.152 e. The van der Waals surface area contributed by atoms with Crippen molar-refractivity contribution < 1.29 is 13.5 Å². The quantitative estimate of drug-likeness (QED) is 0.567. The van der Waals surface area contributed by atoms with Gasteiger partial charge in [-0.1, -0.05) is 6.92 Å². The first-order valence-corrected chi connectivity index (χ1v) is 4.26. The van der Waals surface area contributed by atoms with Crippen molar-refractivity contribution in [2.75, 3.05) is 18.1 Å². The van der Waals surface area contributed by atoms with Gasteiger partial charge in [0, 0.05) is 5.75 Å². The second-order valence-corrected chi connectivity index (χ2v) is 3.93. The van der Waals surface area contributed by atoms with Gasteiger partial charge in [-0.05, 0) is 0 Å². The van der Waals surface area contributed by atoms with Crippen molar-refractivity contribution in [2.24, 2.45) is 0 Å². The van der Waals surface area contributed by atoms with E-state index in [1.54, 1.807) is 6.92 Å². The number of aliphatic hydroxyl groups excluding tert-OH is 1. The van der Waals surface area contributed by atoms with E-state index >= 15 is 0 Å². The Hall–Kier alpha value is -0.0900. The molecule has 0 amide bonds. The minimum absolute atomic E-state index is 0.108. The van der Waals surface area contributed by atoms with Gasteiger partial charge in [0.05, 0.1) is 12.4 Å². The minimum Gasteiger partial charge on any atom is -0.395 e. The zero-order valence-corrected chi connectivity index (χ0v) is 5.61. The van der Waals surface area contributed by atoms with Crippen LogP contribution in [0.1, 0.15) is 6.92 Å². The molecule has 0 heterocycles. The van der Waals surface area contributed by atoms with Gasteiger partial charge in [0.1, 0.15) is 0 Å². The van der Waals surface area contributed by atoms with Gasteiger partial charge in [-0.15, -0.1) is 0 Å². The maximum Gasteiger partial charge on any atom is 0.152 e. The lowest BCUT2D eigenvalue weighted by molar-refractivity contribution is 0.319. The Morgan fingerprint density at radius 3 is 2.12 bits per heavy atom. The molecule has 0 aliphatic rings. The molecule has 8 heavy (non-hydrogen) atoms. The molecule has 0 aliphatic heterocycles. The molecule has 0 radical (unpaired) electrons. The molecule has 0 unspecified atom stereocenters. The molecule has 0 spiro atoms. The molecule has 1 N–H and O–H groups in total. The van der Waals surface area contributed by atoms with Crippen molar-refractivity contribution in [1.82, 2.24) is 0 Å². The van der Waals surface area contributed by atoms with Crippen LogP contribution in [0, 0.1) is 0 Å². The standard InChI is InChI=1S/C4H10O3S/c1-2-8(6,7)4-3-5/h5H,2-4H2,1H3. The molecule has 3 nitrogen and oxygen atoms in total. The van der Waals surface area contributed by atoms with E-state index < -0.39 is 9.84 Å². The van der Waals surface area contributed by atoms with E-state index in [2.05, 4.69) is 0 Å². The first-order valence-electron chi connectivity index (χ1n) is 2.43. The van der Waals surface area contributed by atoms with Crippen molar-refractivity contribution >= 4 is 9.84 Å². The summed E-state index contributed by atoms with van der Waals surface area (Å²) >= 11 is 0. The van der Waals surface area contributed by atoms with Crippen molar-refractivity contribution in [3.8, 4) is 0 Å². The normalized spacial score (nSPS) is 11.8. The summed E-state index contributed by atoms with van der Waals surface area (Å²) in [5, 5.41) is 8.15. The van der Waals surface area contributed by atoms with E-state index in [-0.39, 0.29) is 18.1 Å². The van der Waals surface area contributed by atoms with Crippen molar-refractivity contribution in [3.05, 3.63) is 0 Å². The zero-order chi connectivity index (χ0) is 6.62. The molecule has 4 heteroatoms. The van der Waals surface area contributed by atoms with E-state index in [0.717, 1.165) is 0 Å². The second kappa shape index (κ2) is 3.04. The number of hydrogen-bond donors (Lipinski definition) is 1. The SMILES string of the molecule is CCS(=O)(=O)CCO. The van der Waals surface area contributed by atoms with Crippen LogP contribution in [0.15, 0.2) is 0 Å². The average molecular weight is 138 g/mol.